The van der Waals surface area contributed by atoms with Gasteiger partial charge in [-0.3, -0.25) is 0 Å². The molecule has 0 aromatic carbocycles. The normalized spacial score (nSPS) is 18.1. The van der Waals surface area contributed by atoms with Gasteiger partial charge in [-0.15, -0.1) is 11.3 Å². The van der Waals surface area contributed by atoms with Gasteiger partial charge in [0.15, 0.2) is 0 Å². The number of nitrogens with zero attached hydrogens (tertiary/aromatic N) is 1. The fraction of sp³-hybridized carbons (Fsp3) is 0.500. The number of sulfonamides is 1. The predicted octanol–water partition coefficient (Wildman–Crippen LogP) is 1.10. The van der Waals surface area contributed by atoms with Crippen molar-refractivity contribution in [1.29, 1.82) is 0 Å². The molecule has 0 saturated carbocycles. The molecule has 1 fully saturated rings. The van der Waals surface area contributed by atoms with Gasteiger partial charge in [-0.1, -0.05) is 0 Å². The molecule has 7 heteroatoms. The SMILES string of the molecule is CN(C1CNC1)S(=O)(=O)c1sccc1Br. The van der Waals surface area contributed by atoms with Crippen LogP contribution in [0.25, 0.3) is 0 Å². The van der Waals surface area contributed by atoms with Gasteiger partial charge in [0.2, 0.25) is 0 Å². The smallest absolute Gasteiger partial charge is 0.253 e. The predicted molar refractivity (Wildman–Crippen MR) is 63.6 cm³/mol. The molecule has 0 bridgehead atoms. The topological polar surface area (TPSA) is 49.4 Å². The van der Waals surface area contributed by atoms with E-state index in [1.54, 1.807) is 18.5 Å². The Kier molecular flexibility index (Phi) is 3.18. The zero-order valence-electron chi connectivity index (χ0n) is 8.10. The highest BCUT2D eigenvalue weighted by atomic mass is 79.9. The highest BCUT2D eigenvalue weighted by Crippen LogP contribution is 2.30. The minimum atomic E-state index is -3.32. The zero-order valence-corrected chi connectivity index (χ0v) is 11.3. The lowest BCUT2D eigenvalue weighted by Gasteiger charge is -2.34. The van der Waals surface area contributed by atoms with Crippen LogP contribution in [0.4, 0.5) is 0 Å². The van der Waals surface area contributed by atoms with Crippen molar-refractivity contribution < 1.29 is 8.42 Å². The Hall–Kier alpha value is 0.0500. The van der Waals surface area contributed by atoms with Gasteiger partial charge in [0.05, 0.1) is 0 Å². The van der Waals surface area contributed by atoms with E-state index in [2.05, 4.69) is 21.2 Å². The number of likely N-dealkylation sites (N-methyl/N-ethyl adjacent to an activating group) is 1. The van der Waals surface area contributed by atoms with E-state index in [1.165, 1.54) is 15.6 Å². The number of hydrogen-bond acceptors (Lipinski definition) is 4. The summed E-state index contributed by atoms with van der Waals surface area (Å²) in [5.41, 5.74) is 0. The summed E-state index contributed by atoms with van der Waals surface area (Å²) in [6, 6.07) is 1.84. The number of thiophene rings is 1. The first-order valence-corrected chi connectivity index (χ1v) is 7.56. The third kappa shape index (κ3) is 1.99. The highest BCUT2D eigenvalue weighted by Gasteiger charge is 2.33. The molecule has 4 nitrogen and oxygen atoms in total. The molecule has 84 valence electrons. The van der Waals surface area contributed by atoms with E-state index in [0.717, 1.165) is 13.1 Å². The highest BCUT2D eigenvalue weighted by molar-refractivity contribution is 9.10. The van der Waals surface area contributed by atoms with Crippen LogP contribution in [-0.2, 0) is 10.0 Å². The molecule has 2 heterocycles. The van der Waals surface area contributed by atoms with Crippen LogP contribution in [0.5, 0.6) is 0 Å². The Balaban J connectivity index is 2.30. The van der Waals surface area contributed by atoms with Crippen LogP contribution in [0.2, 0.25) is 0 Å². The van der Waals surface area contributed by atoms with E-state index >= 15 is 0 Å². The summed E-state index contributed by atoms with van der Waals surface area (Å²) in [6.45, 7) is 1.47. The van der Waals surface area contributed by atoms with Gasteiger partial charge in [-0.05, 0) is 27.4 Å². The molecular weight excluding hydrogens is 300 g/mol. The van der Waals surface area contributed by atoms with Crippen LogP contribution >= 0.6 is 27.3 Å². The molecule has 15 heavy (non-hydrogen) atoms. The van der Waals surface area contributed by atoms with E-state index in [4.69, 9.17) is 0 Å². The molecule has 1 aliphatic heterocycles. The summed E-state index contributed by atoms with van der Waals surface area (Å²) in [7, 11) is -1.69. The standard InChI is InChI=1S/C8H11BrN2O2S2/c1-11(6-4-10-5-6)15(12,13)8-7(9)2-3-14-8/h2-3,6,10H,4-5H2,1H3. The first kappa shape index (κ1) is 11.5. The molecule has 0 radical (unpaired) electrons. The largest absolute Gasteiger partial charge is 0.313 e. The number of rotatable bonds is 3. The Bertz CT molecular complexity index is 453. The molecule has 2 rings (SSSR count). The van der Waals surface area contributed by atoms with Crippen LogP contribution in [0.3, 0.4) is 0 Å². The second-order valence-electron chi connectivity index (χ2n) is 3.39. The van der Waals surface area contributed by atoms with Gasteiger partial charge in [-0.25, -0.2) is 8.42 Å². The summed E-state index contributed by atoms with van der Waals surface area (Å²) in [6.07, 6.45) is 0. The van der Waals surface area contributed by atoms with Crippen LogP contribution in [0.1, 0.15) is 0 Å². The molecule has 0 amide bonds. The van der Waals surface area contributed by atoms with Crippen molar-refractivity contribution in [3.8, 4) is 0 Å². The van der Waals surface area contributed by atoms with Gasteiger partial charge in [0.1, 0.15) is 4.21 Å². The lowest BCUT2D eigenvalue weighted by Crippen LogP contribution is -2.57. The summed E-state index contributed by atoms with van der Waals surface area (Å²) in [5.74, 6) is 0. The van der Waals surface area contributed by atoms with E-state index in [1.807, 2.05) is 0 Å². The van der Waals surface area contributed by atoms with E-state index in [0.29, 0.717) is 8.68 Å². The van der Waals surface area contributed by atoms with Crippen molar-refractivity contribution in [3.05, 3.63) is 15.9 Å². The fourth-order valence-electron chi connectivity index (χ4n) is 1.32. The summed E-state index contributed by atoms with van der Waals surface area (Å²) < 4.78 is 26.7. The maximum atomic E-state index is 12.1. The average molecular weight is 311 g/mol. The molecule has 1 N–H and O–H groups in total. The summed E-state index contributed by atoms with van der Waals surface area (Å²) in [5, 5.41) is 4.83. The van der Waals surface area contributed by atoms with Crippen molar-refractivity contribution in [3.63, 3.8) is 0 Å². The lowest BCUT2D eigenvalue weighted by molar-refractivity contribution is 0.274. The van der Waals surface area contributed by atoms with E-state index < -0.39 is 10.0 Å². The fourth-order valence-corrected chi connectivity index (χ4v) is 5.15. The van der Waals surface area contributed by atoms with Crippen LogP contribution in [0, 0.1) is 0 Å². The van der Waals surface area contributed by atoms with Crippen molar-refractivity contribution in [2.75, 3.05) is 20.1 Å². The van der Waals surface area contributed by atoms with Gasteiger partial charge in [0, 0.05) is 30.7 Å². The average Bonchev–Trinajstić information content (AvgIpc) is 2.48. The third-order valence-corrected chi connectivity index (χ3v) is 7.03. The van der Waals surface area contributed by atoms with Gasteiger partial charge < -0.3 is 5.32 Å². The minimum absolute atomic E-state index is 0.0870. The minimum Gasteiger partial charge on any atom is -0.313 e. The number of hydrogen-bond donors (Lipinski definition) is 1. The molecule has 0 aliphatic carbocycles. The van der Waals surface area contributed by atoms with Crippen LogP contribution in [-0.4, -0.2) is 38.9 Å². The quantitative estimate of drug-likeness (QED) is 0.909. The summed E-state index contributed by atoms with van der Waals surface area (Å²) in [4.78, 5) is 0. The van der Waals surface area contributed by atoms with Crippen LogP contribution in [0.15, 0.2) is 20.1 Å². The Morgan fingerprint density at radius 3 is 2.67 bits per heavy atom. The number of halogens is 1. The lowest BCUT2D eigenvalue weighted by atomic mass is 10.2. The molecule has 1 aliphatic rings. The monoisotopic (exact) mass is 310 g/mol. The maximum absolute atomic E-state index is 12.1. The van der Waals surface area contributed by atoms with E-state index in [9.17, 15) is 8.42 Å². The van der Waals surface area contributed by atoms with Gasteiger partial charge >= 0.3 is 0 Å². The zero-order chi connectivity index (χ0) is 11.1. The second-order valence-corrected chi connectivity index (χ2v) is 7.35. The number of nitrogens with one attached hydrogen (secondary N) is 1. The Morgan fingerprint density at radius 2 is 2.27 bits per heavy atom. The molecule has 0 atom stereocenters. The van der Waals surface area contributed by atoms with Crippen molar-refractivity contribution >= 4 is 37.3 Å². The van der Waals surface area contributed by atoms with Crippen molar-refractivity contribution in [1.82, 2.24) is 9.62 Å². The Morgan fingerprint density at radius 1 is 1.60 bits per heavy atom. The van der Waals surface area contributed by atoms with Gasteiger partial charge in [-0.2, -0.15) is 4.31 Å². The maximum Gasteiger partial charge on any atom is 0.253 e. The van der Waals surface area contributed by atoms with Gasteiger partial charge in [0.25, 0.3) is 10.0 Å². The van der Waals surface area contributed by atoms with E-state index in [-0.39, 0.29) is 6.04 Å². The van der Waals surface area contributed by atoms with Crippen molar-refractivity contribution in [2.45, 2.75) is 10.3 Å². The molecule has 1 saturated heterocycles. The van der Waals surface area contributed by atoms with Crippen molar-refractivity contribution in [2.24, 2.45) is 0 Å². The van der Waals surface area contributed by atoms with Crippen LogP contribution < -0.4 is 5.32 Å². The molecular formula is C8H11BrN2O2S2. The Labute approximate surface area is 101 Å². The molecule has 1 aromatic heterocycles. The molecule has 1 aromatic rings. The first-order chi connectivity index (χ1) is 7.03. The molecule has 0 unspecified atom stereocenters. The third-order valence-electron chi connectivity index (χ3n) is 2.47. The summed E-state index contributed by atoms with van der Waals surface area (Å²) >= 11 is 4.49. The molecule has 0 spiro atoms. The second kappa shape index (κ2) is 4.14. The first-order valence-electron chi connectivity index (χ1n) is 4.45.